The molecular formula is C15H19N3O. The van der Waals surface area contributed by atoms with Gasteiger partial charge < -0.3 is 10.8 Å². The summed E-state index contributed by atoms with van der Waals surface area (Å²) in [6.07, 6.45) is 6.11. The van der Waals surface area contributed by atoms with Gasteiger partial charge in [-0.25, -0.2) is 0 Å². The van der Waals surface area contributed by atoms with Gasteiger partial charge in [0, 0.05) is 24.8 Å². The highest BCUT2D eigenvalue weighted by Gasteiger charge is 2.36. The lowest BCUT2D eigenvalue weighted by Crippen LogP contribution is -2.25. The Morgan fingerprint density at radius 3 is 3.05 bits per heavy atom. The number of fused-ring (bicyclic) bond motifs is 1. The first-order chi connectivity index (χ1) is 9.10. The van der Waals surface area contributed by atoms with Crippen molar-refractivity contribution in [3.63, 3.8) is 0 Å². The highest BCUT2D eigenvalue weighted by Crippen LogP contribution is 2.40. The van der Waals surface area contributed by atoms with Crippen LogP contribution in [0.3, 0.4) is 0 Å². The van der Waals surface area contributed by atoms with E-state index < -0.39 is 5.60 Å². The van der Waals surface area contributed by atoms with Gasteiger partial charge in [-0.2, -0.15) is 5.10 Å². The highest BCUT2D eigenvalue weighted by atomic mass is 16.3. The van der Waals surface area contributed by atoms with E-state index in [4.69, 9.17) is 5.73 Å². The molecule has 19 heavy (non-hydrogen) atoms. The second-order valence-corrected chi connectivity index (χ2v) is 5.33. The SMILES string of the molecule is CCn1cc(CC2(O)CCc3cc(N)ccc32)cn1. The minimum atomic E-state index is -0.773. The summed E-state index contributed by atoms with van der Waals surface area (Å²) in [4.78, 5) is 0. The van der Waals surface area contributed by atoms with Crippen LogP contribution in [0.25, 0.3) is 0 Å². The fourth-order valence-corrected chi connectivity index (χ4v) is 2.94. The molecule has 0 radical (unpaired) electrons. The normalized spacial score (nSPS) is 21.6. The van der Waals surface area contributed by atoms with Crippen molar-refractivity contribution in [2.75, 3.05) is 5.73 Å². The maximum Gasteiger partial charge on any atom is 0.0943 e. The molecule has 0 saturated carbocycles. The van der Waals surface area contributed by atoms with Crippen molar-refractivity contribution in [3.05, 3.63) is 47.3 Å². The summed E-state index contributed by atoms with van der Waals surface area (Å²) in [5.74, 6) is 0. The topological polar surface area (TPSA) is 64.1 Å². The smallest absolute Gasteiger partial charge is 0.0943 e. The van der Waals surface area contributed by atoms with E-state index in [2.05, 4.69) is 12.0 Å². The molecule has 2 aromatic rings. The maximum absolute atomic E-state index is 10.9. The summed E-state index contributed by atoms with van der Waals surface area (Å²) < 4.78 is 1.89. The van der Waals surface area contributed by atoms with E-state index in [1.165, 1.54) is 5.56 Å². The first kappa shape index (κ1) is 12.2. The van der Waals surface area contributed by atoms with Crippen LogP contribution in [0.15, 0.2) is 30.6 Å². The number of aromatic nitrogens is 2. The average molecular weight is 257 g/mol. The van der Waals surface area contributed by atoms with Gasteiger partial charge in [0.15, 0.2) is 0 Å². The van der Waals surface area contributed by atoms with E-state index in [9.17, 15) is 5.11 Å². The predicted molar refractivity (Wildman–Crippen MR) is 74.7 cm³/mol. The molecule has 1 heterocycles. The number of benzene rings is 1. The van der Waals surface area contributed by atoms with Gasteiger partial charge in [-0.15, -0.1) is 0 Å². The molecule has 1 aromatic carbocycles. The molecule has 1 atom stereocenters. The van der Waals surface area contributed by atoms with Crippen LogP contribution < -0.4 is 5.73 Å². The molecule has 1 unspecified atom stereocenters. The standard InChI is InChI=1S/C15H19N3O/c1-2-18-10-11(9-17-18)8-15(19)6-5-12-7-13(16)3-4-14(12)15/h3-4,7,9-10,19H,2,5-6,8,16H2,1H3. The van der Waals surface area contributed by atoms with Gasteiger partial charge in [-0.3, -0.25) is 4.68 Å². The molecule has 3 N–H and O–H groups in total. The Hall–Kier alpha value is -1.81. The molecule has 1 aliphatic carbocycles. The Balaban J connectivity index is 1.89. The Kier molecular flexibility index (Phi) is 2.82. The molecule has 1 aromatic heterocycles. The number of hydrogen-bond donors (Lipinski definition) is 2. The fraction of sp³-hybridized carbons (Fsp3) is 0.400. The average Bonchev–Trinajstić information content (AvgIpc) is 2.95. The molecular weight excluding hydrogens is 238 g/mol. The highest BCUT2D eigenvalue weighted by molar-refractivity contribution is 5.49. The van der Waals surface area contributed by atoms with Crippen LogP contribution >= 0.6 is 0 Å². The van der Waals surface area contributed by atoms with E-state index in [1.807, 2.05) is 35.3 Å². The lowest BCUT2D eigenvalue weighted by molar-refractivity contribution is 0.0389. The van der Waals surface area contributed by atoms with Gasteiger partial charge >= 0.3 is 0 Å². The minimum Gasteiger partial charge on any atom is -0.399 e. The summed E-state index contributed by atoms with van der Waals surface area (Å²) in [6, 6.07) is 5.80. The first-order valence-electron chi connectivity index (χ1n) is 6.73. The van der Waals surface area contributed by atoms with Gasteiger partial charge in [-0.05, 0) is 48.6 Å². The quantitative estimate of drug-likeness (QED) is 0.825. The third kappa shape index (κ3) is 2.12. The van der Waals surface area contributed by atoms with E-state index in [1.54, 1.807) is 0 Å². The number of nitrogens with two attached hydrogens (primary N) is 1. The molecule has 1 aliphatic rings. The molecule has 100 valence electrons. The third-order valence-electron chi connectivity index (χ3n) is 3.95. The number of anilines is 1. The van der Waals surface area contributed by atoms with Crippen LogP contribution in [0, 0.1) is 0 Å². The van der Waals surface area contributed by atoms with Crippen molar-refractivity contribution in [1.29, 1.82) is 0 Å². The zero-order valence-corrected chi connectivity index (χ0v) is 11.1. The van der Waals surface area contributed by atoms with Crippen LogP contribution in [-0.4, -0.2) is 14.9 Å². The van der Waals surface area contributed by atoms with E-state index in [-0.39, 0.29) is 0 Å². The van der Waals surface area contributed by atoms with Crippen molar-refractivity contribution < 1.29 is 5.11 Å². The lowest BCUT2D eigenvalue weighted by Gasteiger charge is -2.23. The summed E-state index contributed by atoms with van der Waals surface area (Å²) in [6.45, 7) is 2.91. The van der Waals surface area contributed by atoms with Crippen LogP contribution in [0.4, 0.5) is 5.69 Å². The summed E-state index contributed by atoms with van der Waals surface area (Å²) in [5, 5.41) is 15.2. The van der Waals surface area contributed by atoms with Crippen LogP contribution in [0.2, 0.25) is 0 Å². The molecule has 0 aliphatic heterocycles. The van der Waals surface area contributed by atoms with Crippen LogP contribution in [0.5, 0.6) is 0 Å². The van der Waals surface area contributed by atoms with Gasteiger partial charge in [0.05, 0.1) is 11.8 Å². The summed E-state index contributed by atoms with van der Waals surface area (Å²) >= 11 is 0. The van der Waals surface area contributed by atoms with E-state index in [0.29, 0.717) is 6.42 Å². The molecule has 0 bridgehead atoms. The minimum absolute atomic E-state index is 0.615. The number of nitrogen functional groups attached to an aromatic ring is 1. The monoisotopic (exact) mass is 257 g/mol. The van der Waals surface area contributed by atoms with Gasteiger partial charge in [0.25, 0.3) is 0 Å². The van der Waals surface area contributed by atoms with Gasteiger partial charge in [-0.1, -0.05) is 6.07 Å². The van der Waals surface area contributed by atoms with Crippen LogP contribution in [0.1, 0.15) is 30.0 Å². The second-order valence-electron chi connectivity index (χ2n) is 5.33. The van der Waals surface area contributed by atoms with E-state index in [0.717, 1.165) is 36.2 Å². The van der Waals surface area contributed by atoms with Crippen molar-refractivity contribution in [2.45, 2.75) is 38.3 Å². The molecule has 3 rings (SSSR count). The fourth-order valence-electron chi connectivity index (χ4n) is 2.94. The molecule has 0 fully saturated rings. The van der Waals surface area contributed by atoms with Gasteiger partial charge in [0.1, 0.15) is 0 Å². The Morgan fingerprint density at radius 1 is 1.47 bits per heavy atom. The second kappa shape index (κ2) is 4.38. The first-order valence-corrected chi connectivity index (χ1v) is 6.73. The molecule has 4 heteroatoms. The zero-order chi connectivity index (χ0) is 13.5. The zero-order valence-electron chi connectivity index (χ0n) is 11.1. The van der Waals surface area contributed by atoms with Crippen molar-refractivity contribution in [3.8, 4) is 0 Å². The number of aliphatic hydroxyl groups is 1. The third-order valence-corrected chi connectivity index (χ3v) is 3.95. The Labute approximate surface area is 112 Å². The van der Waals surface area contributed by atoms with Crippen molar-refractivity contribution in [1.82, 2.24) is 9.78 Å². The summed E-state index contributed by atoms with van der Waals surface area (Å²) in [7, 11) is 0. The van der Waals surface area contributed by atoms with Gasteiger partial charge in [0.2, 0.25) is 0 Å². The van der Waals surface area contributed by atoms with Crippen LogP contribution in [-0.2, 0) is 25.0 Å². The van der Waals surface area contributed by atoms with E-state index >= 15 is 0 Å². The Morgan fingerprint density at radius 2 is 2.32 bits per heavy atom. The largest absolute Gasteiger partial charge is 0.399 e. The number of hydrogen-bond acceptors (Lipinski definition) is 3. The molecule has 0 amide bonds. The Bertz CT molecular complexity index is 605. The molecule has 0 spiro atoms. The molecule has 4 nitrogen and oxygen atoms in total. The maximum atomic E-state index is 10.9. The lowest BCUT2D eigenvalue weighted by atomic mass is 9.90. The van der Waals surface area contributed by atoms with Crippen molar-refractivity contribution in [2.24, 2.45) is 0 Å². The van der Waals surface area contributed by atoms with Crippen molar-refractivity contribution >= 4 is 5.69 Å². The number of aryl methyl sites for hydroxylation is 2. The number of rotatable bonds is 3. The summed E-state index contributed by atoms with van der Waals surface area (Å²) in [5.41, 5.74) is 9.06. The predicted octanol–water partition coefficient (Wildman–Crippen LogP) is 1.86. The number of nitrogens with zero attached hydrogens (tertiary/aromatic N) is 2. The molecule has 0 saturated heterocycles.